The molecule has 0 aliphatic carbocycles. The maximum atomic E-state index is 5.81. The van der Waals surface area contributed by atoms with Gasteiger partial charge in [-0.3, -0.25) is 4.68 Å². The summed E-state index contributed by atoms with van der Waals surface area (Å²) in [4.78, 5) is 4.34. The van der Waals surface area contributed by atoms with E-state index in [0.29, 0.717) is 0 Å². The molecule has 0 spiro atoms. The van der Waals surface area contributed by atoms with Gasteiger partial charge in [-0.25, -0.2) is 4.98 Å². The molecule has 2 heterocycles. The van der Waals surface area contributed by atoms with Gasteiger partial charge >= 0.3 is 0 Å². The summed E-state index contributed by atoms with van der Waals surface area (Å²) in [7, 11) is 1.96. The third-order valence-electron chi connectivity index (χ3n) is 2.74. The molecule has 17 heavy (non-hydrogen) atoms. The predicted octanol–water partition coefficient (Wildman–Crippen LogP) is 0.863. The van der Waals surface area contributed by atoms with Gasteiger partial charge < -0.3 is 10.3 Å². The Kier molecular flexibility index (Phi) is 3.28. The lowest BCUT2D eigenvalue weighted by Gasteiger charge is -2.09. The minimum atomic E-state index is 0.129. The molecule has 0 saturated heterocycles. The van der Waals surface area contributed by atoms with E-state index in [0.717, 1.165) is 24.5 Å². The Morgan fingerprint density at radius 1 is 1.47 bits per heavy atom. The molecule has 2 N–H and O–H groups in total. The van der Waals surface area contributed by atoms with Crippen LogP contribution in [-0.2, 0) is 20.0 Å². The predicted molar refractivity (Wildman–Crippen MR) is 66.6 cm³/mol. The van der Waals surface area contributed by atoms with Gasteiger partial charge in [0, 0.05) is 31.9 Å². The van der Waals surface area contributed by atoms with Gasteiger partial charge in [0.1, 0.15) is 5.82 Å². The van der Waals surface area contributed by atoms with Crippen LogP contribution in [0.2, 0.25) is 0 Å². The van der Waals surface area contributed by atoms with Crippen LogP contribution in [0.5, 0.6) is 0 Å². The van der Waals surface area contributed by atoms with E-state index >= 15 is 0 Å². The molecule has 1 atom stereocenters. The largest absolute Gasteiger partial charge is 0.329 e. The van der Waals surface area contributed by atoms with Gasteiger partial charge in [-0.05, 0) is 19.9 Å². The van der Waals surface area contributed by atoms with Gasteiger partial charge in [-0.15, -0.1) is 0 Å². The van der Waals surface area contributed by atoms with Crippen LogP contribution in [0.4, 0.5) is 0 Å². The minimum Gasteiger partial charge on any atom is -0.329 e. The summed E-state index contributed by atoms with van der Waals surface area (Å²) in [5.74, 6) is 1.03. The van der Waals surface area contributed by atoms with Gasteiger partial charge in [0.05, 0.1) is 17.9 Å². The Morgan fingerprint density at radius 3 is 2.82 bits per heavy atom. The van der Waals surface area contributed by atoms with E-state index in [2.05, 4.69) is 20.7 Å². The smallest absolute Gasteiger partial charge is 0.110 e. The summed E-state index contributed by atoms with van der Waals surface area (Å²) in [6.07, 6.45) is 4.60. The zero-order chi connectivity index (χ0) is 12.4. The van der Waals surface area contributed by atoms with Crippen LogP contribution in [0.3, 0.4) is 0 Å². The Hall–Kier alpha value is -1.62. The lowest BCUT2D eigenvalue weighted by Crippen LogP contribution is -2.21. The van der Waals surface area contributed by atoms with Gasteiger partial charge in [0.15, 0.2) is 0 Å². The second kappa shape index (κ2) is 4.71. The summed E-state index contributed by atoms with van der Waals surface area (Å²) in [6, 6.07) is 2.22. The van der Waals surface area contributed by atoms with Crippen molar-refractivity contribution in [1.82, 2.24) is 19.3 Å². The molecule has 5 heteroatoms. The molecule has 0 aromatic carbocycles. The average molecular weight is 233 g/mol. The third-order valence-corrected chi connectivity index (χ3v) is 2.74. The summed E-state index contributed by atoms with van der Waals surface area (Å²) in [5.41, 5.74) is 8.02. The highest BCUT2D eigenvalue weighted by atomic mass is 15.3. The van der Waals surface area contributed by atoms with Crippen molar-refractivity contribution in [3.05, 3.63) is 35.7 Å². The number of nitrogens with zero attached hydrogens (tertiary/aromatic N) is 4. The first-order valence-corrected chi connectivity index (χ1v) is 5.81. The van der Waals surface area contributed by atoms with Crippen molar-refractivity contribution in [2.75, 3.05) is 0 Å². The van der Waals surface area contributed by atoms with Crippen LogP contribution in [0, 0.1) is 6.92 Å². The summed E-state index contributed by atoms with van der Waals surface area (Å²) < 4.78 is 4.03. The molecule has 5 nitrogen and oxygen atoms in total. The number of nitrogens with two attached hydrogens (primary N) is 1. The second-order valence-corrected chi connectivity index (χ2v) is 4.55. The summed E-state index contributed by atoms with van der Waals surface area (Å²) in [5, 5.41) is 4.34. The van der Waals surface area contributed by atoms with Gasteiger partial charge in [0.25, 0.3) is 0 Å². The van der Waals surface area contributed by atoms with Crippen LogP contribution in [-0.4, -0.2) is 25.4 Å². The number of hydrogen-bond acceptors (Lipinski definition) is 3. The highest BCUT2D eigenvalue weighted by Gasteiger charge is 2.08. The summed E-state index contributed by atoms with van der Waals surface area (Å²) >= 11 is 0. The fourth-order valence-corrected chi connectivity index (χ4v) is 1.95. The van der Waals surface area contributed by atoms with E-state index in [1.54, 1.807) is 0 Å². The standard InChI is InChI=1S/C12H19N5/c1-9(13)6-12-14-4-5-17(12)8-11-7-10(2)15-16(11)3/h4-5,7,9H,6,8,13H2,1-3H3. The molecule has 1 unspecified atom stereocenters. The maximum absolute atomic E-state index is 5.81. The fraction of sp³-hybridized carbons (Fsp3) is 0.500. The Morgan fingerprint density at radius 2 is 2.24 bits per heavy atom. The van der Waals surface area contributed by atoms with Crippen molar-refractivity contribution in [3.63, 3.8) is 0 Å². The molecule has 2 aromatic rings. The monoisotopic (exact) mass is 233 g/mol. The third kappa shape index (κ3) is 2.74. The summed E-state index contributed by atoms with van der Waals surface area (Å²) in [6.45, 7) is 4.78. The molecule has 0 aliphatic heterocycles. The zero-order valence-electron chi connectivity index (χ0n) is 10.6. The Balaban J connectivity index is 2.18. The SMILES string of the molecule is Cc1cc(Cn2ccnc2CC(C)N)n(C)n1. The van der Waals surface area contributed by atoms with Crippen LogP contribution in [0.1, 0.15) is 24.1 Å². The van der Waals surface area contributed by atoms with Crippen LogP contribution in [0.25, 0.3) is 0 Å². The highest BCUT2D eigenvalue weighted by molar-refractivity contribution is 5.10. The first-order chi connectivity index (χ1) is 8.06. The molecule has 2 aromatic heterocycles. The molecule has 0 fully saturated rings. The highest BCUT2D eigenvalue weighted by Crippen LogP contribution is 2.08. The van der Waals surface area contributed by atoms with E-state index in [4.69, 9.17) is 5.73 Å². The van der Waals surface area contributed by atoms with E-state index in [1.807, 2.05) is 38.0 Å². The maximum Gasteiger partial charge on any atom is 0.110 e. The Bertz CT molecular complexity index is 495. The fourth-order valence-electron chi connectivity index (χ4n) is 1.95. The van der Waals surface area contributed by atoms with Crippen molar-refractivity contribution < 1.29 is 0 Å². The average Bonchev–Trinajstić information content (AvgIpc) is 2.75. The van der Waals surface area contributed by atoms with Crippen molar-refractivity contribution in [1.29, 1.82) is 0 Å². The molecule has 0 saturated carbocycles. The van der Waals surface area contributed by atoms with Crippen LogP contribution >= 0.6 is 0 Å². The number of aromatic nitrogens is 4. The normalized spacial score (nSPS) is 12.9. The van der Waals surface area contributed by atoms with E-state index in [1.165, 1.54) is 5.69 Å². The first kappa shape index (κ1) is 11.9. The topological polar surface area (TPSA) is 61.7 Å². The lowest BCUT2D eigenvalue weighted by molar-refractivity contribution is 0.616. The van der Waals surface area contributed by atoms with E-state index in [9.17, 15) is 0 Å². The molecule has 0 amide bonds. The van der Waals surface area contributed by atoms with Gasteiger partial charge in [-0.1, -0.05) is 0 Å². The number of rotatable bonds is 4. The zero-order valence-corrected chi connectivity index (χ0v) is 10.6. The molecule has 2 rings (SSSR count). The van der Waals surface area contributed by atoms with Gasteiger partial charge in [0.2, 0.25) is 0 Å². The van der Waals surface area contributed by atoms with E-state index in [-0.39, 0.29) is 6.04 Å². The number of hydrogen-bond donors (Lipinski definition) is 1. The first-order valence-electron chi connectivity index (χ1n) is 5.81. The van der Waals surface area contributed by atoms with Crippen molar-refractivity contribution in [2.24, 2.45) is 12.8 Å². The quantitative estimate of drug-likeness (QED) is 0.852. The lowest BCUT2D eigenvalue weighted by atomic mass is 10.2. The van der Waals surface area contributed by atoms with E-state index < -0.39 is 0 Å². The molecular weight excluding hydrogens is 214 g/mol. The second-order valence-electron chi connectivity index (χ2n) is 4.55. The molecular formula is C12H19N5. The van der Waals surface area contributed by atoms with Crippen LogP contribution < -0.4 is 5.73 Å². The van der Waals surface area contributed by atoms with Crippen molar-refractivity contribution >= 4 is 0 Å². The molecule has 0 aliphatic rings. The Labute approximate surface area is 101 Å². The van der Waals surface area contributed by atoms with Crippen molar-refractivity contribution in [2.45, 2.75) is 32.9 Å². The molecule has 0 radical (unpaired) electrons. The van der Waals surface area contributed by atoms with Crippen molar-refractivity contribution in [3.8, 4) is 0 Å². The molecule has 0 bridgehead atoms. The number of imidazole rings is 1. The van der Waals surface area contributed by atoms with Crippen LogP contribution in [0.15, 0.2) is 18.5 Å². The minimum absolute atomic E-state index is 0.129. The number of aryl methyl sites for hydroxylation is 2. The van der Waals surface area contributed by atoms with Gasteiger partial charge in [-0.2, -0.15) is 5.10 Å². The molecule has 92 valence electrons.